The second-order valence-electron chi connectivity index (χ2n) is 3.56. The lowest BCUT2D eigenvalue weighted by molar-refractivity contribution is 0.240. The van der Waals surface area contributed by atoms with Crippen LogP contribution in [0.15, 0.2) is 24.3 Å². The van der Waals surface area contributed by atoms with Crippen LogP contribution in [0, 0.1) is 0 Å². The SMILES string of the molecule is CNCCNC(=O)NCc1ccc(OC)cc1. The average molecular weight is 237 g/mol. The van der Waals surface area contributed by atoms with E-state index >= 15 is 0 Å². The zero-order valence-electron chi connectivity index (χ0n) is 10.2. The lowest BCUT2D eigenvalue weighted by Crippen LogP contribution is -2.38. The molecule has 0 saturated carbocycles. The molecule has 94 valence electrons. The normalized spacial score (nSPS) is 9.76. The van der Waals surface area contributed by atoms with Gasteiger partial charge in [-0.15, -0.1) is 0 Å². The number of hydrogen-bond donors (Lipinski definition) is 3. The summed E-state index contributed by atoms with van der Waals surface area (Å²) in [5, 5.41) is 8.47. The minimum absolute atomic E-state index is 0.156. The van der Waals surface area contributed by atoms with Crippen molar-refractivity contribution in [1.82, 2.24) is 16.0 Å². The predicted molar refractivity (Wildman–Crippen MR) is 67.2 cm³/mol. The maximum Gasteiger partial charge on any atom is 0.315 e. The van der Waals surface area contributed by atoms with Crippen molar-refractivity contribution >= 4 is 6.03 Å². The fraction of sp³-hybridized carbons (Fsp3) is 0.417. The Labute approximate surface area is 102 Å². The van der Waals surface area contributed by atoms with Crippen LogP contribution in [0.5, 0.6) is 5.75 Å². The van der Waals surface area contributed by atoms with E-state index in [0.717, 1.165) is 17.9 Å². The van der Waals surface area contributed by atoms with E-state index in [0.29, 0.717) is 13.1 Å². The van der Waals surface area contributed by atoms with Gasteiger partial charge in [-0.2, -0.15) is 0 Å². The minimum Gasteiger partial charge on any atom is -0.497 e. The molecule has 3 N–H and O–H groups in total. The summed E-state index contributed by atoms with van der Waals surface area (Å²) in [5.41, 5.74) is 1.04. The summed E-state index contributed by atoms with van der Waals surface area (Å²) in [6.07, 6.45) is 0. The van der Waals surface area contributed by atoms with Gasteiger partial charge in [0.05, 0.1) is 7.11 Å². The summed E-state index contributed by atoms with van der Waals surface area (Å²) in [6.45, 7) is 1.89. The van der Waals surface area contributed by atoms with Crippen LogP contribution in [0.2, 0.25) is 0 Å². The van der Waals surface area contributed by atoms with Gasteiger partial charge in [0.15, 0.2) is 0 Å². The quantitative estimate of drug-likeness (QED) is 0.639. The first kappa shape index (κ1) is 13.3. The first-order valence-corrected chi connectivity index (χ1v) is 5.55. The molecule has 2 amide bonds. The summed E-state index contributed by atoms with van der Waals surface area (Å²) in [4.78, 5) is 11.3. The molecule has 0 fully saturated rings. The smallest absolute Gasteiger partial charge is 0.315 e. The zero-order valence-corrected chi connectivity index (χ0v) is 10.2. The Kier molecular flexibility index (Phi) is 5.88. The summed E-state index contributed by atoms with van der Waals surface area (Å²) in [6, 6.07) is 7.43. The van der Waals surface area contributed by atoms with E-state index in [1.807, 2.05) is 31.3 Å². The molecule has 0 aliphatic heterocycles. The van der Waals surface area contributed by atoms with Crippen molar-refractivity contribution < 1.29 is 9.53 Å². The molecule has 5 nitrogen and oxygen atoms in total. The minimum atomic E-state index is -0.156. The van der Waals surface area contributed by atoms with Crippen LogP contribution >= 0.6 is 0 Å². The third-order valence-corrected chi connectivity index (χ3v) is 2.27. The molecule has 0 aromatic heterocycles. The molecule has 0 spiro atoms. The molecule has 0 radical (unpaired) electrons. The molecule has 1 aromatic carbocycles. The van der Waals surface area contributed by atoms with Crippen LogP contribution in [0.1, 0.15) is 5.56 Å². The van der Waals surface area contributed by atoms with Gasteiger partial charge < -0.3 is 20.7 Å². The van der Waals surface area contributed by atoms with Crippen LogP contribution in [0.4, 0.5) is 4.79 Å². The number of methoxy groups -OCH3 is 1. The van der Waals surface area contributed by atoms with Crippen LogP contribution in [-0.2, 0) is 6.54 Å². The highest BCUT2D eigenvalue weighted by Crippen LogP contribution is 2.10. The largest absolute Gasteiger partial charge is 0.497 e. The topological polar surface area (TPSA) is 62.4 Å². The number of nitrogens with one attached hydrogen (secondary N) is 3. The molecule has 0 saturated heterocycles. The van der Waals surface area contributed by atoms with Crippen molar-refractivity contribution in [3.05, 3.63) is 29.8 Å². The molecule has 0 aliphatic carbocycles. The predicted octanol–water partition coefficient (Wildman–Crippen LogP) is 0.714. The van der Waals surface area contributed by atoms with E-state index in [-0.39, 0.29) is 6.03 Å². The second-order valence-corrected chi connectivity index (χ2v) is 3.56. The highest BCUT2D eigenvalue weighted by Gasteiger charge is 1.99. The first-order chi connectivity index (χ1) is 8.26. The Bertz CT molecular complexity index is 338. The third kappa shape index (κ3) is 5.21. The number of rotatable bonds is 6. The van der Waals surface area contributed by atoms with E-state index in [1.54, 1.807) is 7.11 Å². The van der Waals surface area contributed by atoms with Crippen molar-refractivity contribution in [3.63, 3.8) is 0 Å². The number of hydrogen-bond acceptors (Lipinski definition) is 3. The molecular formula is C12H19N3O2. The van der Waals surface area contributed by atoms with Gasteiger partial charge in [0.25, 0.3) is 0 Å². The molecular weight excluding hydrogens is 218 g/mol. The number of likely N-dealkylation sites (N-methyl/N-ethyl adjacent to an activating group) is 1. The van der Waals surface area contributed by atoms with Crippen LogP contribution in [0.25, 0.3) is 0 Å². The number of carbonyl (C=O) groups excluding carboxylic acids is 1. The maximum absolute atomic E-state index is 11.3. The molecule has 0 aliphatic rings. The zero-order chi connectivity index (χ0) is 12.5. The lowest BCUT2D eigenvalue weighted by atomic mass is 10.2. The first-order valence-electron chi connectivity index (χ1n) is 5.55. The van der Waals surface area contributed by atoms with Gasteiger partial charge in [-0.1, -0.05) is 12.1 Å². The molecule has 0 bridgehead atoms. The van der Waals surface area contributed by atoms with Crippen molar-refractivity contribution in [2.75, 3.05) is 27.2 Å². The Morgan fingerprint density at radius 3 is 2.47 bits per heavy atom. The monoisotopic (exact) mass is 237 g/mol. The molecule has 0 heterocycles. The van der Waals surface area contributed by atoms with Crippen molar-refractivity contribution in [1.29, 1.82) is 0 Å². The van der Waals surface area contributed by atoms with Gasteiger partial charge in [0.2, 0.25) is 0 Å². The van der Waals surface area contributed by atoms with E-state index < -0.39 is 0 Å². The van der Waals surface area contributed by atoms with Crippen molar-refractivity contribution in [2.45, 2.75) is 6.54 Å². The Balaban J connectivity index is 2.27. The number of carbonyl (C=O) groups is 1. The number of amides is 2. The number of ether oxygens (including phenoxy) is 1. The molecule has 17 heavy (non-hydrogen) atoms. The van der Waals surface area contributed by atoms with Gasteiger partial charge in [0, 0.05) is 19.6 Å². The Hall–Kier alpha value is -1.75. The highest BCUT2D eigenvalue weighted by molar-refractivity contribution is 5.73. The molecule has 1 aromatic rings. The van der Waals surface area contributed by atoms with E-state index in [4.69, 9.17) is 4.74 Å². The molecule has 0 atom stereocenters. The molecule has 0 unspecified atom stereocenters. The van der Waals surface area contributed by atoms with Crippen LogP contribution in [-0.4, -0.2) is 33.3 Å². The average Bonchev–Trinajstić information content (AvgIpc) is 2.37. The van der Waals surface area contributed by atoms with Crippen LogP contribution in [0.3, 0.4) is 0 Å². The Morgan fingerprint density at radius 1 is 1.18 bits per heavy atom. The summed E-state index contributed by atoms with van der Waals surface area (Å²) in [7, 11) is 3.47. The van der Waals surface area contributed by atoms with Gasteiger partial charge in [-0.3, -0.25) is 0 Å². The van der Waals surface area contributed by atoms with Gasteiger partial charge in [-0.25, -0.2) is 4.79 Å². The van der Waals surface area contributed by atoms with E-state index in [9.17, 15) is 4.79 Å². The molecule has 1 rings (SSSR count). The fourth-order valence-corrected chi connectivity index (χ4v) is 1.29. The summed E-state index contributed by atoms with van der Waals surface area (Å²) < 4.78 is 5.05. The number of benzene rings is 1. The van der Waals surface area contributed by atoms with Gasteiger partial charge in [-0.05, 0) is 24.7 Å². The second kappa shape index (κ2) is 7.51. The van der Waals surface area contributed by atoms with E-state index in [2.05, 4.69) is 16.0 Å². The van der Waals surface area contributed by atoms with Gasteiger partial charge in [0.1, 0.15) is 5.75 Å². The fourth-order valence-electron chi connectivity index (χ4n) is 1.29. The summed E-state index contributed by atoms with van der Waals surface area (Å²) >= 11 is 0. The summed E-state index contributed by atoms with van der Waals surface area (Å²) in [5.74, 6) is 0.812. The molecule has 5 heteroatoms. The maximum atomic E-state index is 11.3. The number of urea groups is 1. The lowest BCUT2D eigenvalue weighted by Gasteiger charge is -2.07. The van der Waals surface area contributed by atoms with Gasteiger partial charge >= 0.3 is 6.03 Å². The van der Waals surface area contributed by atoms with Crippen LogP contribution < -0.4 is 20.7 Å². The highest BCUT2D eigenvalue weighted by atomic mass is 16.5. The van der Waals surface area contributed by atoms with Crippen molar-refractivity contribution in [2.24, 2.45) is 0 Å². The van der Waals surface area contributed by atoms with Crippen molar-refractivity contribution in [3.8, 4) is 5.75 Å². The third-order valence-electron chi connectivity index (χ3n) is 2.27. The Morgan fingerprint density at radius 2 is 1.88 bits per heavy atom. The van der Waals surface area contributed by atoms with E-state index in [1.165, 1.54) is 0 Å². The standard InChI is InChI=1S/C12H19N3O2/c1-13-7-8-14-12(16)15-9-10-3-5-11(17-2)6-4-10/h3-6,13H,7-9H2,1-2H3,(H2,14,15,16).